The lowest BCUT2D eigenvalue weighted by Crippen LogP contribution is -2.15. The smallest absolute Gasteiger partial charge is 0.316 e. The zero-order chi connectivity index (χ0) is 17.6. The molecule has 1 heterocycles. The highest BCUT2D eigenvalue weighted by atomic mass is 32.2. The Bertz CT molecular complexity index is 886. The molecule has 5 heteroatoms. The van der Waals surface area contributed by atoms with E-state index in [-0.39, 0.29) is 18.1 Å². The molecule has 0 aliphatic rings. The fourth-order valence-corrected chi connectivity index (χ4v) is 3.38. The summed E-state index contributed by atoms with van der Waals surface area (Å²) in [5.41, 5.74) is 2.70. The number of para-hydroxylation sites is 1. The van der Waals surface area contributed by atoms with E-state index in [0.717, 1.165) is 27.8 Å². The number of hydrogen-bond acceptors (Lipinski definition) is 4. The van der Waals surface area contributed by atoms with Crippen LogP contribution in [-0.2, 0) is 16.0 Å². The molecule has 25 heavy (non-hydrogen) atoms. The minimum Gasteiger partial charge on any atom is -0.457 e. The highest BCUT2D eigenvalue weighted by Gasteiger charge is 2.15. The standard InChI is InChI=1S/C20H19NO3S/c1-2-14-7-6-10-16-17(11-21-20(14)16)18(22)12-24-19(23)13-25-15-8-4-3-5-9-15/h3-11,21H,2,12-13H2,1H3. The number of Topliss-reactive ketones (excluding diaryl/α,β-unsaturated/α-hetero) is 1. The van der Waals surface area contributed by atoms with Gasteiger partial charge in [0.2, 0.25) is 5.78 Å². The molecule has 0 unspecified atom stereocenters. The molecule has 0 aliphatic carbocycles. The molecular formula is C20H19NO3S. The molecule has 0 amide bonds. The topological polar surface area (TPSA) is 59.2 Å². The predicted molar refractivity (Wildman–Crippen MR) is 100 cm³/mol. The van der Waals surface area contributed by atoms with Gasteiger partial charge >= 0.3 is 5.97 Å². The van der Waals surface area contributed by atoms with Crippen LogP contribution in [0.5, 0.6) is 0 Å². The number of ketones is 1. The Balaban J connectivity index is 1.58. The van der Waals surface area contributed by atoms with E-state index in [1.807, 2.05) is 48.5 Å². The van der Waals surface area contributed by atoms with Gasteiger partial charge in [0.25, 0.3) is 0 Å². The molecule has 0 bridgehead atoms. The third-order valence-corrected chi connectivity index (χ3v) is 4.93. The van der Waals surface area contributed by atoms with Gasteiger partial charge in [0, 0.05) is 27.6 Å². The quantitative estimate of drug-likeness (QED) is 0.392. The van der Waals surface area contributed by atoms with E-state index in [1.165, 1.54) is 11.8 Å². The number of aromatic amines is 1. The summed E-state index contributed by atoms with van der Waals surface area (Å²) in [6.45, 7) is 1.83. The van der Waals surface area contributed by atoms with Gasteiger partial charge in [-0.25, -0.2) is 0 Å². The van der Waals surface area contributed by atoms with Crippen molar-refractivity contribution in [1.29, 1.82) is 0 Å². The molecular weight excluding hydrogens is 334 g/mol. The molecule has 0 saturated carbocycles. The lowest BCUT2D eigenvalue weighted by molar-refractivity contribution is -0.139. The summed E-state index contributed by atoms with van der Waals surface area (Å²) in [6.07, 6.45) is 2.58. The first-order chi connectivity index (χ1) is 12.2. The Kier molecular flexibility index (Phi) is 5.56. The van der Waals surface area contributed by atoms with Crippen molar-refractivity contribution in [1.82, 2.24) is 4.98 Å². The second kappa shape index (κ2) is 8.03. The average Bonchev–Trinajstić information content (AvgIpc) is 3.09. The Morgan fingerprint density at radius 1 is 1.08 bits per heavy atom. The maximum absolute atomic E-state index is 12.4. The van der Waals surface area contributed by atoms with Crippen molar-refractivity contribution < 1.29 is 14.3 Å². The molecule has 0 saturated heterocycles. The largest absolute Gasteiger partial charge is 0.457 e. The van der Waals surface area contributed by atoms with Gasteiger partial charge in [-0.3, -0.25) is 9.59 Å². The summed E-state index contributed by atoms with van der Waals surface area (Å²) in [5.74, 6) is -0.403. The van der Waals surface area contributed by atoms with Crippen LogP contribution >= 0.6 is 11.8 Å². The van der Waals surface area contributed by atoms with Gasteiger partial charge < -0.3 is 9.72 Å². The first-order valence-corrected chi connectivity index (χ1v) is 9.13. The van der Waals surface area contributed by atoms with Crippen LogP contribution in [0.25, 0.3) is 10.9 Å². The molecule has 1 aromatic heterocycles. The first kappa shape index (κ1) is 17.3. The minimum absolute atomic E-state index is 0.186. The normalized spacial score (nSPS) is 10.8. The molecule has 0 spiro atoms. The Morgan fingerprint density at radius 3 is 2.64 bits per heavy atom. The third kappa shape index (κ3) is 4.12. The van der Waals surface area contributed by atoms with E-state index in [9.17, 15) is 9.59 Å². The Hall–Kier alpha value is -2.53. The number of H-pyrrole nitrogens is 1. The SMILES string of the molecule is CCc1cccc2c(C(=O)COC(=O)CSc3ccccc3)c[nH]c12. The number of aryl methyl sites for hydroxylation is 1. The number of esters is 1. The van der Waals surface area contributed by atoms with Crippen molar-refractivity contribution in [3.63, 3.8) is 0 Å². The average molecular weight is 353 g/mol. The van der Waals surface area contributed by atoms with E-state index in [0.29, 0.717) is 5.56 Å². The number of ether oxygens (including phenoxy) is 1. The molecule has 2 aromatic carbocycles. The number of aromatic nitrogens is 1. The van der Waals surface area contributed by atoms with Crippen molar-refractivity contribution in [2.45, 2.75) is 18.2 Å². The Labute approximate surface area is 150 Å². The number of carbonyl (C=O) groups is 2. The molecule has 4 nitrogen and oxygen atoms in total. The maximum atomic E-state index is 12.4. The summed E-state index contributed by atoms with van der Waals surface area (Å²) in [4.78, 5) is 28.4. The lowest BCUT2D eigenvalue weighted by atomic mass is 10.1. The number of nitrogens with one attached hydrogen (secondary N) is 1. The van der Waals surface area contributed by atoms with Gasteiger partial charge in [0.1, 0.15) is 0 Å². The number of benzene rings is 2. The summed E-state index contributed by atoms with van der Waals surface area (Å²) in [6, 6.07) is 15.5. The summed E-state index contributed by atoms with van der Waals surface area (Å²) in [7, 11) is 0. The fraction of sp³-hybridized carbons (Fsp3) is 0.200. The van der Waals surface area contributed by atoms with Crippen LogP contribution in [0.3, 0.4) is 0 Å². The minimum atomic E-state index is -0.392. The number of hydrogen-bond donors (Lipinski definition) is 1. The van der Waals surface area contributed by atoms with Gasteiger partial charge in [-0.1, -0.05) is 43.3 Å². The van der Waals surface area contributed by atoms with Crippen molar-refractivity contribution in [2.75, 3.05) is 12.4 Å². The van der Waals surface area contributed by atoms with Crippen molar-refractivity contribution in [3.05, 3.63) is 65.9 Å². The van der Waals surface area contributed by atoms with E-state index >= 15 is 0 Å². The molecule has 0 fully saturated rings. The fourth-order valence-electron chi connectivity index (χ4n) is 2.67. The zero-order valence-electron chi connectivity index (χ0n) is 14.0. The summed E-state index contributed by atoms with van der Waals surface area (Å²) in [5, 5.41) is 0.874. The van der Waals surface area contributed by atoms with Gasteiger partial charge in [-0.15, -0.1) is 11.8 Å². The molecule has 3 aromatic rings. The number of fused-ring (bicyclic) bond motifs is 1. The summed E-state index contributed by atoms with van der Waals surface area (Å²) < 4.78 is 5.13. The van der Waals surface area contributed by atoms with E-state index in [1.54, 1.807) is 6.20 Å². The molecule has 0 atom stereocenters. The van der Waals surface area contributed by atoms with Crippen LogP contribution in [0.2, 0.25) is 0 Å². The number of rotatable bonds is 7. The zero-order valence-corrected chi connectivity index (χ0v) is 14.8. The number of thioether (sulfide) groups is 1. The lowest BCUT2D eigenvalue weighted by Gasteiger charge is -2.04. The molecule has 0 radical (unpaired) electrons. The van der Waals surface area contributed by atoms with E-state index in [4.69, 9.17) is 4.74 Å². The van der Waals surface area contributed by atoms with Crippen LogP contribution in [0.15, 0.2) is 59.6 Å². The van der Waals surface area contributed by atoms with Crippen molar-refractivity contribution in [3.8, 4) is 0 Å². The van der Waals surface area contributed by atoms with E-state index < -0.39 is 5.97 Å². The Morgan fingerprint density at radius 2 is 1.88 bits per heavy atom. The van der Waals surface area contributed by atoms with Crippen LogP contribution in [0.1, 0.15) is 22.8 Å². The van der Waals surface area contributed by atoms with E-state index in [2.05, 4.69) is 11.9 Å². The number of carbonyl (C=O) groups excluding carboxylic acids is 2. The van der Waals surface area contributed by atoms with Crippen LogP contribution in [0, 0.1) is 0 Å². The van der Waals surface area contributed by atoms with Crippen LogP contribution in [-0.4, -0.2) is 29.1 Å². The van der Waals surface area contributed by atoms with Crippen LogP contribution in [0.4, 0.5) is 0 Å². The molecule has 3 rings (SSSR count). The first-order valence-electron chi connectivity index (χ1n) is 8.14. The third-order valence-electron chi connectivity index (χ3n) is 3.95. The highest BCUT2D eigenvalue weighted by Crippen LogP contribution is 2.23. The van der Waals surface area contributed by atoms with Crippen LogP contribution < -0.4 is 0 Å². The van der Waals surface area contributed by atoms with Gasteiger partial charge in [0.05, 0.1) is 5.75 Å². The second-order valence-corrected chi connectivity index (χ2v) is 6.63. The molecule has 1 N–H and O–H groups in total. The predicted octanol–water partition coefficient (Wildman–Crippen LogP) is 4.25. The second-order valence-electron chi connectivity index (χ2n) is 5.58. The molecule has 0 aliphatic heterocycles. The summed E-state index contributed by atoms with van der Waals surface area (Å²) >= 11 is 1.39. The maximum Gasteiger partial charge on any atom is 0.316 e. The highest BCUT2D eigenvalue weighted by molar-refractivity contribution is 8.00. The van der Waals surface area contributed by atoms with Crippen molar-refractivity contribution >= 4 is 34.4 Å². The van der Waals surface area contributed by atoms with Crippen molar-refractivity contribution in [2.24, 2.45) is 0 Å². The van der Waals surface area contributed by atoms with Gasteiger partial charge in [-0.2, -0.15) is 0 Å². The molecule has 128 valence electrons. The van der Waals surface area contributed by atoms with Gasteiger partial charge in [-0.05, 0) is 24.1 Å². The monoisotopic (exact) mass is 353 g/mol. The van der Waals surface area contributed by atoms with Gasteiger partial charge in [0.15, 0.2) is 6.61 Å².